The molecule has 0 fully saturated rings. The average Bonchev–Trinajstić information content (AvgIpc) is 2.42. The van der Waals surface area contributed by atoms with Gasteiger partial charge in [0.1, 0.15) is 0 Å². The van der Waals surface area contributed by atoms with Crippen LogP contribution in [0.3, 0.4) is 0 Å². The van der Waals surface area contributed by atoms with Crippen LogP contribution in [-0.2, 0) is 24.0 Å². The Kier molecular flexibility index (Phi) is 1.63. The summed E-state index contributed by atoms with van der Waals surface area (Å²) in [5.41, 5.74) is 1.63. The van der Waals surface area contributed by atoms with E-state index in [0.29, 0.717) is 13.1 Å². The molecule has 1 aromatic heterocycles. The zero-order valence-corrected chi connectivity index (χ0v) is 7.07. The van der Waals surface area contributed by atoms with E-state index in [9.17, 15) is 8.42 Å². The lowest BCUT2D eigenvalue weighted by atomic mass is 10.3. The second-order valence-electron chi connectivity index (χ2n) is 2.66. The van der Waals surface area contributed by atoms with Gasteiger partial charge in [-0.2, -0.15) is 9.19 Å². The quantitative estimate of drug-likeness (QED) is 0.412. The van der Waals surface area contributed by atoms with Gasteiger partial charge in [0, 0.05) is 18.3 Å². The molecule has 1 aliphatic heterocycles. The van der Waals surface area contributed by atoms with Crippen molar-refractivity contribution >= 4 is 10.9 Å². The highest BCUT2D eigenvalue weighted by molar-refractivity contribution is 7.70. The van der Waals surface area contributed by atoms with E-state index >= 15 is 0 Å². The minimum Gasteiger partial charge on any atom is -0.268 e. The Hall–Kier alpha value is -0.920. The van der Waals surface area contributed by atoms with Crippen LogP contribution in [0.1, 0.15) is 11.3 Å². The smallest absolute Gasteiger partial charge is 0.243 e. The van der Waals surface area contributed by atoms with E-state index in [2.05, 4.69) is 5.10 Å². The van der Waals surface area contributed by atoms with Gasteiger partial charge < -0.3 is 0 Å². The van der Waals surface area contributed by atoms with Crippen LogP contribution in [0.4, 0.5) is 0 Å². The molecule has 0 aromatic carbocycles. The molecule has 7 heteroatoms. The SMILES string of the molecule is NN1Cc2cn([SH](=O)=O)nc2C1. The zero-order chi connectivity index (χ0) is 8.72. The minimum absolute atomic E-state index is 0.519. The summed E-state index contributed by atoms with van der Waals surface area (Å²) in [4.78, 5) is 0. The number of rotatable bonds is 1. The predicted molar refractivity (Wildman–Crippen MR) is 41.4 cm³/mol. The molecule has 0 amide bonds. The summed E-state index contributed by atoms with van der Waals surface area (Å²) in [7, 11) is -2.63. The standard InChI is InChI=1S/C5H8N4O2S/c6-8-1-4-2-9(12(10)11)7-5(4)3-8/h2,12H,1,3,6H2. The summed E-state index contributed by atoms with van der Waals surface area (Å²) in [6.07, 6.45) is 1.49. The molecule has 1 aromatic rings. The van der Waals surface area contributed by atoms with Crippen LogP contribution >= 0.6 is 0 Å². The molecular formula is C5H8N4O2S. The molecule has 0 bridgehead atoms. The molecule has 2 heterocycles. The third kappa shape index (κ3) is 1.11. The van der Waals surface area contributed by atoms with Gasteiger partial charge in [0.25, 0.3) is 0 Å². The molecule has 0 spiro atoms. The van der Waals surface area contributed by atoms with E-state index < -0.39 is 10.9 Å². The van der Waals surface area contributed by atoms with Gasteiger partial charge in [-0.25, -0.2) is 13.4 Å². The van der Waals surface area contributed by atoms with Crippen LogP contribution in [-0.4, -0.2) is 22.6 Å². The summed E-state index contributed by atoms with van der Waals surface area (Å²) < 4.78 is 21.9. The number of hydrogen-bond donors (Lipinski definition) is 2. The van der Waals surface area contributed by atoms with Gasteiger partial charge in [-0.15, -0.1) is 0 Å². The van der Waals surface area contributed by atoms with E-state index in [1.165, 1.54) is 6.20 Å². The van der Waals surface area contributed by atoms with E-state index in [1.54, 1.807) is 5.01 Å². The minimum atomic E-state index is -2.63. The summed E-state index contributed by atoms with van der Waals surface area (Å²) >= 11 is 0. The third-order valence-corrected chi connectivity index (χ3v) is 2.30. The second-order valence-corrected chi connectivity index (χ2v) is 3.55. The second kappa shape index (κ2) is 2.54. The molecule has 0 atom stereocenters. The van der Waals surface area contributed by atoms with Crippen molar-refractivity contribution in [2.75, 3.05) is 0 Å². The first kappa shape index (κ1) is 7.71. The fourth-order valence-corrected chi connectivity index (χ4v) is 1.66. The van der Waals surface area contributed by atoms with Gasteiger partial charge in [-0.1, -0.05) is 0 Å². The van der Waals surface area contributed by atoms with Gasteiger partial charge in [0.15, 0.2) is 0 Å². The van der Waals surface area contributed by atoms with Crippen LogP contribution < -0.4 is 5.84 Å². The first-order valence-corrected chi connectivity index (χ1v) is 4.51. The van der Waals surface area contributed by atoms with Crippen LogP contribution in [0.15, 0.2) is 6.20 Å². The van der Waals surface area contributed by atoms with Gasteiger partial charge in [0.2, 0.25) is 10.9 Å². The Morgan fingerprint density at radius 3 is 2.83 bits per heavy atom. The fourth-order valence-electron chi connectivity index (χ4n) is 1.25. The molecular weight excluding hydrogens is 180 g/mol. The predicted octanol–water partition coefficient (Wildman–Crippen LogP) is -1.55. The molecule has 1 aliphatic rings. The Bertz CT molecular complexity index is 351. The van der Waals surface area contributed by atoms with Crippen molar-refractivity contribution in [2.45, 2.75) is 13.1 Å². The lowest BCUT2D eigenvalue weighted by Crippen LogP contribution is -2.24. The first-order valence-electron chi connectivity index (χ1n) is 3.38. The van der Waals surface area contributed by atoms with Gasteiger partial charge >= 0.3 is 0 Å². The number of thiol groups is 1. The molecule has 2 N–H and O–H groups in total. The highest BCUT2D eigenvalue weighted by Gasteiger charge is 2.20. The van der Waals surface area contributed by atoms with E-state index in [1.807, 2.05) is 0 Å². The fraction of sp³-hybridized carbons (Fsp3) is 0.400. The van der Waals surface area contributed by atoms with Crippen molar-refractivity contribution in [3.05, 3.63) is 17.5 Å². The van der Waals surface area contributed by atoms with Gasteiger partial charge in [0.05, 0.1) is 12.2 Å². The molecule has 0 radical (unpaired) electrons. The summed E-state index contributed by atoms with van der Waals surface area (Å²) in [5.74, 6) is 5.49. The molecule has 0 unspecified atom stereocenters. The van der Waals surface area contributed by atoms with E-state index in [-0.39, 0.29) is 0 Å². The lowest BCUT2D eigenvalue weighted by molar-refractivity contribution is 0.291. The van der Waals surface area contributed by atoms with E-state index in [0.717, 1.165) is 15.3 Å². The Morgan fingerprint density at radius 1 is 1.50 bits per heavy atom. The Labute approximate surface area is 70.6 Å². The number of fused-ring (bicyclic) bond motifs is 1. The Balaban J connectivity index is 2.40. The van der Waals surface area contributed by atoms with Crippen LogP contribution in [0, 0.1) is 0 Å². The number of hydrogen-bond acceptors (Lipinski definition) is 5. The monoisotopic (exact) mass is 188 g/mol. The number of hydrazine groups is 1. The largest absolute Gasteiger partial charge is 0.268 e. The van der Waals surface area contributed by atoms with Crippen molar-refractivity contribution in [1.82, 2.24) is 14.2 Å². The van der Waals surface area contributed by atoms with Gasteiger partial charge in [-0.3, -0.25) is 5.84 Å². The maximum Gasteiger partial charge on any atom is 0.243 e. The van der Waals surface area contributed by atoms with Crippen molar-refractivity contribution in [1.29, 1.82) is 0 Å². The maximum atomic E-state index is 10.5. The lowest BCUT2D eigenvalue weighted by Gasteiger charge is -2.03. The summed E-state index contributed by atoms with van der Waals surface area (Å²) in [5, 5.41) is 5.42. The molecule has 12 heavy (non-hydrogen) atoms. The van der Waals surface area contributed by atoms with Crippen LogP contribution in [0.5, 0.6) is 0 Å². The topological polar surface area (TPSA) is 81.2 Å². The van der Waals surface area contributed by atoms with Crippen LogP contribution in [0.25, 0.3) is 0 Å². The molecule has 0 saturated heterocycles. The molecule has 6 nitrogen and oxygen atoms in total. The van der Waals surface area contributed by atoms with Crippen LogP contribution in [0.2, 0.25) is 0 Å². The summed E-state index contributed by atoms with van der Waals surface area (Å²) in [6.45, 7) is 1.09. The molecule has 0 aliphatic carbocycles. The summed E-state index contributed by atoms with van der Waals surface area (Å²) in [6, 6.07) is 0. The highest BCUT2D eigenvalue weighted by atomic mass is 32.2. The maximum absolute atomic E-state index is 10.5. The number of aromatic nitrogens is 2. The van der Waals surface area contributed by atoms with Crippen molar-refractivity contribution < 1.29 is 8.42 Å². The number of nitrogens with two attached hydrogens (primary N) is 1. The molecule has 66 valence electrons. The Morgan fingerprint density at radius 2 is 2.25 bits per heavy atom. The third-order valence-electron chi connectivity index (χ3n) is 1.76. The van der Waals surface area contributed by atoms with Crippen molar-refractivity contribution in [3.8, 4) is 0 Å². The van der Waals surface area contributed by atoms with Crippen molar-refractivity contribution in [2.24, 2.45) is 5.84 Å². The van der Waals surface area contributed by atoms with Gasteiger partial charge in [-0.05, 0) is 0 Å². The first-order chi connectivity index (χ1) is 5.66. The number of nitrogens with zero attached hydrogens (tertiary/aromatic N) is 3. The molecule has 2 rings (SSSR count). The highest BCUT2D eigenvalue weighted by Crippen LogP contribution is 2.17. The molecule has 0 saturated carbocycles. The van der Waals surface area contributed by atoms with E-state index in [4.69, 9.17) is 5.84 Å². The zero-order valence-electron chi connectivity index (χ0n) is 6.17. The average molecular weight is 188 g/mol. The normalized spacial score (nSPS) is 17.2. The van der Waals surface area contributed by atoms with Crippen molar-refractivity contribution in [3.63, 3.8) is 0 Å².